The SMILES string of the molecule is C[C@H](OC(=O)[C@@H](C)OC(=O)[C@@H](C)c1cccc(C(=O)c2ccccc2)c1)C(=O)O. The van der Waals surface area contributed by atoms with Crippen LogP contribution in [0.5, 0.6) is 0 Å². The number of esters is 2. The molecule has 29 heavy (non-hydrogen) atoms. The predicted molar refractivity (Wildman–Crippen MR) is 103 cm³/mol. The number of ketones is 1. The maximum absolute atomic E-state index is 12.6. The average Bonchev–Trinajstić information content (AvgIpc) is 2.73. The fourth-order valence-electron chi connectivity index (χ4n) is 2.49. The second-order valence-corrected chi connectivity index (χ2v) is 6.54. The molecule has 152 valence electrons. The molecule has 7 heteroatoms. The van der Waals surface area contributed by atoms with Gasteiger partial charge in [0.2, 0.25) is 0 Å². The number of carboxylic acid groups (broad SMARTS) is 1. The molecular formula is C22H22O7. The van der Waals surface area contributed by atoms with Crippen LogP contribution in [0.15, 0.2) is 54.6 Å². The molecule has 2 rings (SSSR count). The van der Waals surface area contributed by atoms with Crippen LogP contribution in [0.2, 0.25) is 0 Å². The first kappa shape index (κ1) is 21.8. The van der Waals surface area contributed by atoms with E-state index in [0.29, 0.717) is 16.7 Å². The van der Waals surface area contributed by atoms with Gasteiger partial charge in [-0.3, -0.25) is 9.59 Å². The second kappa shape index (κ2) is 9.64. The largest absolute Gasteiger partial charge is 0.479 e. The Balaban J connectivity index is 2.07. The summed E-state index contributed by atoms with van der Waals surface area (Å²) in [6.45, 7) is 4.09. The number of hydrogen-bond donors (Lipinski definition) is 1. The quantitative estimate of drug-likeness (QED) is 0.538. The number of rotatable bonds is 8. The molecule has 0 aromatic heterocycles. The van der Waals surface area contributed by atoms with Gasteiger partial charge in [0.1, 0.15) is 0 Å². The number of carbonyl (C=O) groups excluding carboxylic acids is 3. The van der Waals surface area contributed by atoms with Gasteiger partial charge in [0.15, 0.2) is 18.0 Å². The van der Waals surface area contributed by atoms with Crippen molar-refractivity contribution in [1.29, 1.82) is 0 Å². The van der Waals surface area contributed by atoms with Gasteiger partial charge in [-0.1, -0.05) is 48.5 Å². The molecule has 0 aliphatic rings. The van der Waals surface area contributed by atoms with E-state index in [1.807, 2.05) is 6.07 Å². The Bertz CT molecular complexity index is 904. The van der Waals surface area contributed by atoms with Crippen LogP contribution < -0.4 is 0 Å². The normalized spacial score (nSPS) is 13.6. The van der Waals surface area contributed by atoms with Gasteiger partial charge < -0.3 is 14.6 Å². The minimum Gasteiger partial charge on any atom is -0.479 e. The number of carbonyl (C=O) groups is 4. The fourth-order valence-corrected chi connectivity index (χ4v) is 2.49. The van der Waals surface area contributed by atoms with Gasteiger partial charge >= 0.3 is 17.9 Å². The molecule has 0 amide bonds. The molecule has 2 aromatic rings. The van der Waals surface area contributed by atoms with E-state index >= 15 is 0 Å². The molecule has 3 atom stereocenters. The molecule has 2 aromatic carbocycles. The van der Waals surface area contributed by atoms with Crippen LogP contribution in [0.25, 0.3) is 0 Å². The molecule has 0 unspecified atom stereocenters. The molecule has 0 spiro atoms. The molecule has 7 nitrogen and oxygen atoms in total. The van der Waals surface area contributed by atoms with Crippen molar-refractivity contribution in [1.82, 2.24) is 0 Å². The van der Waals surface area contributed by atoms with Gasteiger partial charge in [0, 0.05) is 11.1 Å². The van der Waals surface area contributed by atoms with E-state index in [2.05, 4.69) is 0 Å². The smallest absolute Gasteiger partial charge is 0.347 e. The summed E-state index contributed by atoms with van der Waals surface area (Å²) in [5.41, 5.74) is 1.51. The molecule has 0 aliphatic carbocycles. The number of benzene rings is 2. The number of carboxylic acids is 1. The Morgan fingerprint density at radius 2 is 1.34 bits per heavy atom. The van der Waals surface area contributed by atoms with Gasteiger partial charge in [-0.2, -0.15) is 0 Å². The minimum atomic E-state index is -1.35. The summed E-state index contributed by atoms with van der Waals surface area (Å²) in [6, 6.07) is 15.4. The lowest BCUT2D eigenvalue weighted by Crippen LogP contribution is -2.33. The van der Waals surface area contributed by atoms with Crippen LogP contribution >= 0.6 is 0 Å². The maximum Gasteiger partial charge on any atom is 0.347 e. The third-order valence-electron chi connectivity index (χ3n) is 4.30. The summed E-state index contributed by atoms with van der Waals surface area (Å²) in [4.78, 5) is 47.6. The zero-order valence-corrected chi connectivity index (χ0v) is 16.3. The summed E-state index contributed by atoms with van der Waals surface area (Å²) in [6.07, 6.45) is -2.61. The Hall–Kier alpha value is -3.48. The van der Waals surface area contributed by atoms with E-state index in [-0.39, 0.29) is 5.78 Å². The van der Waals surface area contributed by atoms with Gasteiger partial charge in [-0.05, 0) is 32.4 Å². The van der Waals surface area contributed by atoms with Crippen molar-refractivity contribution in [2.75, 3.05) is 0 Å². The van der Waals surface area contributed by atoms with Crippen molar-refractivity contribution in [2.45, 2.75) is 38.9 Å². The van der Waals surface area contributed by atoms with Crippen LogP contribution in [-0.4, -0.2) is 41.0 Å². The standard InChI is InChI=1S/C22H22O7/c1-13(21(26)29-15(3)22(27)28-14(2)20(24)25)17-10-7-11-18(12-17)19(23)16-8-5-4-6-9-16/h4-15H,1-3H3,(H,24,25)/t13-,14-,15+/m0/s1. The van der Waals surface area contributed by atoms with Crippen LogP contribution in [0.3, 0.4) is 0 Å². The summed E-state index contributed by atoms with van der Waals surface area (Å²) in [5, 5.41) is 8.77. The van der Waals surface area contributed by atoms with Gasteiger partial charge in [0.05, 0.1) is 5.92 Å². The third kappa shape index (κ3) is 5.75. The van der Waals surface area contributed by atoms with Crippen molar-refractivity contribution < 1.29 is 33.8 Å². The molecule has 0 bridgehead atoms. The van der Waals surface area contributed by atoms with E-state index in [0.717, 1.165) is 0 Å². The Labute approximate surface area is 168 Å². The predicted octanol–water partition coefficient (Wildman–Crippen LogP) is 2.97. The van der Waals surface area contributed by atoms with Gasteiger partial charge in [0.25, 0.3) is 0 Å². The highest BCUT2D eigenvalue weighted by Gasteiger charge is 2.27. The van der Waals surface area contributed by atoms with Gasteiger partial charge in [-0.25, -0.2) is 9.59 Å². The first-order valence-corrected chi connectivity index (χ1v) is 9.04. The van der Waals surface area contributed by atoms with Crippen LogP contribution in [0.4, 0.5) is 0 Å². The highest BCUT2D eigenvalue weighted by atomic mass is 16.6. The minimum absolute atomic E-state index is 0.173. The van der Waals surface area contributed by atoms with Crippen molar-refractivity contribution in [2.24, 2.45) is 0 Å². The topological polar surface area (TPSA) is 107 Å². The van der Waals surface area contributed by atoms with E-state index < -0.39 is 36.0 Å². The van der Waals surface area contributed by atoms with E-state index in [9.17, 15) is 19.2 Å². The monoisotopic (exact) mass is 398 g/mol. The highest BCUT2D eigenvalue weighted by Crippen LogP contribution is 2.21. The lowest BCUT2D eigenvalue weighted by atomic mass is 9.96. The molecule has 1 N–H and O–H groups in total. The Morgan fingerprint density at radius 3 is 1.97 bits per heavy atom. The number of hydrogen-bond acceptors (Lipinski definition) is 6. The Morgan fingerprint density at radius 1 is 0.759 bits per heavy atom. The molecular weight excluding hydrogens is 376 g/mol. The Kier molecular flexibility index (Phi) is 7.25. The van der Waals surface area contributed by atoms with E-state index in [4.69, 9.17) is 14.6 Å². The summed E-state index contributed by atoms with van der Waals surface area (Å²) < 4.78 is 9.80. The second-order valence-electron chi connectivity index (χ2n) is 6.54. The summed E-state index contributed by atoms with van der Waals surface area (Å²) >= 11 is 0. The highest BCUT2D eigenvalue weighted by molar-refractivity contribution is 6.09. The summed E-state index contributed by atoms with van der Waals surface area (Å²) in [7, 11) is 0. The average molecular weight is 398 g/mol. The van der Waals surface area contributed by atoms with Crippen LogP contribution in [0, 0.1) is 0 Å². The molecule has 0 radical (unpaired) electrons. The molecule has 0 heterocycles. The first-order chi connectivity index (χ1) is 13.7. The maximum atomic E-state index is 12.6. The van der Waals surface area contributed by atoms with Crippen molar-refractivity contribution in [3.05, 3.63) is 71.3 Å². The lowest BCUT2D eigenvalue weighted by molar-refractivity contribution is -0.175. The van der Waals surface area contributed by atoms with Gasteiger partial charge in [-0.15, -0.1) is 0 Å². The van der Waals surface area contributed by atoms with Crippen LogP contribution in [-0.2, 0) is 23.9 Å². The fraction of sp³-hybridized carbons (Fsp3) is 0.273. The van der Waals surface area contributed by atoms with Crippen LogP contribution in [0.1, 0.15) is 48.2 Å². The lowest BCUT2D eigenvalue weighted by Gasteiger charge is -2.18. The molecule has 0 aliphatic heterocycles. The molecule has 0 fully saturated rings. The van der Waals surface area contributed by atoms with Crippen molar-refractivity contribution in [3.63, 3.8) is 0 Å². The van der Waals surface area contributed by atoms with Crippen molar-refractivity contribution >= 4 is 23.7 Å². The van der Waals surface area contributed by atoms with E-state index in [1.54, 1.807) is 55.5 Å². The zero-order chi connectivity index (χ0) is 21.6. The number of aliphatic carboxylic acids is 1. The zero-order valence-electron chi connectivity index (χ0n) is 16.3. The van der Waals surface area contributed by atoms with Crippen molar-refractivity contribution in [3.8, 4) is 0 Å². The third-order valence-corrected chi connectivity index (χ3v) is 4.30. The molecule has 0 saturated carbocycles. The summed E-state index contributed by atoms with van der Waals surface area (Å²) in [5.74, 6) is -3.86. The number of ether oxygens (including phenoxy) is 2. The first-order valence-electron chi connectivity index (χ1n) is 9.04. The molecule has 0 saturated heterocycles. The van der Waals surface area contributed by atoms with E-state index in [1.165, 1.54) is 13.8 Å².